The van der Waals surface area contributed by atoms with Crippen LogP contribution in [0.2, 0.25) is 0 Å². The molecule has 0 saturated carbocycles. The van der Waals surface area contributed by atoms with Crippen molar-refractivity contribution in [1.29, 1.82) is 0 Å². The van der Waals surface area contributed by atoms with E-state index >= 15 is 0 Å². The van der Waals surface area contributed by atoms with E-state index in [9.17, 15) is 13.6 Å². The van der Waals surface area contributed by atoms with Gasteiger partial charge in [-0.2, -0.15) is 5.21 Å². The zero-order valence-electron chi connectivity index (χ0n) is 12.1. The third kappa shape index (κ3) is 4.17. The number of carbonyl (C=O) groups excluding carboxylic acids is 1. The van der Waals surface area contributed by atoms with E-state index in [1.165, 1.54) is 0 Å². The number of anilines is 2. The minimum atomic E-state index is -0.799. The number of H-pyrrole nitrogens is 1. The molecule has 2 aromatic carbocycles. The second kappa shape index (κ2) is 7.23. The molecule has 0 saturated heterocycles. The number of aromatic amines is 1. The molecule has 0 fully saturated rings. The van der Waals surface area contributed by atoms with E-state index in [0.29, 0.717) is 21.8 Å². The molecule has 0 aliphatic carbocycles. The van der Waals surface area contributed by atoms with E-state index in [2.05, 4.69) is 63.1 Å². The molecular formula is C14H8Br2F2N6O. The molecule has 0 spiro atoms. The monoisotopic (exact) mass is 472 g/mol. The maximum absolute atomic E-state index is 13.2. The standard InChI is InChI=1S/C14H8Br2F2N6O/c15-6-1-10(13-21-23-24-22-13)12(11(16)2-6)20-14(25)19-9-4-7(17)3-8(18)5-9/h1-5H,(H2,19,20,25)(H,21,22,23,24). The molecule has 7 nitrogen and oxygen atoms in total. The van der Waals surface area contributed by atoms with Gasteiger partial charge in [0.2, 0.25) is 5.82 Å². The number of rotatable bonds is 3. The number of hydrogen-bond donors (Lipinski definition) is 3. The van der Waals surface area contributed by atoms with Crippen LogP contribution in [0.25, 0.3) is 11.4 Å². The molecule has 0 atom stereocenters. The van der Waals surface area contributed by atoms with Crippen LogP contribution in [0, 0.1) is 11.6 Å². The quantitative estimate of drug-likeness (QED) is 0.528. The number of urea groups is 1. The van der Waals surface area contributed by atoms with Crippen LogP contribution >= 0.6 is 31.9 Å². The number of carbonyl (C=O) groups is 1. The predicted molar refractivity (Wildman–Crippen MR) is 94.0 cm³/mol. The summed E-state index contributed by atoms with van der Waals surface area (Å²) in [5.41, 5.74) is 0.818. The van der Waals surface area contributed by atoms with Gasteiger partial charge in [-0.1, -0.05) is 15.9 Å². The van der Waals surface area contributed by atoms with Crippen molar-refractivity contribution in [2.75, 3.05) is 10.6 Å². The molecule has 1 heterocycles. The van der Waals surface area contributed by atoms with E-state index in [0.717, 1.165) is 16.6 Å². The van der Waals surface area contributed by atoms with Crippen LogP contribution in [-0.4, -0.2) is 26.7 Å². The lowest BCUT2D eigenvalue weighted by Gasteiger charge is -2.13. The van der Waals surface area contributed by atoms with E-state index in [1.807, 2.05) is 0 Å². The predicted octanol–water partition coefficient (Wildman–Crippen LogP) is 4.31. The number of amides is 2. The molecular weight excluding hydrogens is 466 g/mol. The van der Waals surface area contributed by atoms with E-state index in [1.54, 1.807) is 12.1 Å². The molecule has 2 amide bonds. The molecule has 0 radical (unpaired) electrons. The van der Waals surface area contributed by atoms with Crippen LogP contribution in [0.4, 0.5) is 25.0 Å². The summed E-state index contributed by atoms with van der Waals surface area (Å²) in [6.45, 7) is 0. The fourth-order valence-corrected chi connectivity index (χ4v) is 3.38. The first kappa shape index (κ1) is 17.4. The Labute approximate surface area is 156 Å². The summed E-state index contributed by atoms with van der Waals surface area (Å²) in [6.07, 6.45) is 0. The highest BCUT2D eigenvalue weighted by atomic mass is 79.9. The van der Waals surface area contributed by atoms with Gasteiger partial charge in [-0.25, -0.2) is 13.6 Å². The van der Waals surface area contributed by atoms with Gasteiger partial charge < -0.3 is 10.6 Å². The number of tetrazole rings is 1. The van der Waals surface area contributed by atoms with E-state index < -0.39 is 17.7 Å². The molecule has 3 N–H and O–H groups in total. The highest BCUT2D eigenvalue weighted by Gasteiger charge is 2.17. The van der Waals surface area contributed by atoms with Gasteiger partial charge in [-0.3, -0.25) is 0 Å². The molecule has 3 rings (SSSR count). The Balaban J connectivity index is 1.88. The topological polar surface area (TPSA) is 95.6 Å². The van der Waals surface area contributed by atoms with E-state index in [-0.39, 0.29) is 11.5 Å². The van der Waals surface area contributed by atoms with Gasteiger partial charge in [0, 0.05) is 26.3 Å². The third-order valence-corrected chi connectivity index (χ3v) is 4.08. The Morgan fingerprint density at radius 2 is 1.76 bits per heavy atom. The lowest BCUT2D eigenvalue weighted by molar-refractivity contribution is 0.262. The second-order valence-electron chi connectivity index (χ2n) is 4.78. The Kier molecular flexibility index (Phi) is 5.04. The van der Waals surface area contributed by atoms with Crippen LogP contribution in [0.1, 0.15) is 0 Å². The van der Waals surface area contributed by atoms with Gasteiger partial charge in [0.15, 0.2) is 0 Å². The molecule has 11 heteroatoms. The van der Waals surface area contributed by atoms with Crippen LogP contribution < -0.4 is 10.6 Å². The Morgan fingerprint density at radius 1 is 1.04 bits per heavy atom. The summed E-state index contributed by atoms with van der Waals surface area (Å²) in [7, 11) is 0. The van der Waals surface area contributed by atoms with Crippen LogP contribution in [0.3, 0.4) is 0 Å². The molecule has 0 aliphatic rings. The number of nitrogens with one attached hydrogen (secondary N) is 3. The summed E-state index contributed by atoms with van der Waals surface area (Å²) in [6, 6.07) is 5.41. The van der Waals surface area contributed by atoms with E-state index in [4.69, 9.17) is 0 Å². The third-order valence-electron chi connectivity index (χ3n) is 3.00. The lowest BCUT2D eigenvalue weighted by atomic mass is 10.1. The van der Waals surface area contributed by atoms with Crippen molar-refractivity contribution in [2.24, 2.45) is 0 Å². The van der Waals surface area contributed by atoms with Gasteiger partial charge in [-0.15, -0.1) is 10.2 Å². The lowest BCUT2D eigenvalue weighted by Crippen LogP contribution is -2.20. The van der Waals surface area contributed by atoms with Crippen LogP contribution in [0.15, 0.2) is 39.3 Å². The van der Waals surface area contributed by atoms with Crippen molar-refractivity contribution in [3.05, 3.63) is 50.9 Å². The molecule has 0 aliphatic heterocycles. The minimum absolute atomic E-state index is 0.0238. The first-order valence-corrected chi connectivity index (χ1v) is 8.28. The molecule has 25 heavy (non-hydrogen) atoms. The number of hydrogen-bond acceptors (Lipinski definition) is 4. The normalized spacial score (nSPS) is 10.6. The highest BCUT2D eigenvalue weighted by Crippen LogP contribution is 2.35. The Hall–Kier alpha value is -2.40. The minimum Gasteiger partial charge on any atom is -0.308 e. The second-order valence-corrected chi connectivity index (χ2v) is 6.55. The first-order valence-electron chi connectivity index (χ1n) is 6.69. The average Bonchev–Trinajstić information content (AvgIpc) is 3.02. The molecule has 0 unspecified atom stereocenters. The van der Waals surface area contributed by atoms with Gasteiger partial charge >= 0.3 is 6.03 Å². The molecule has 128 valence electrons. The Bertz CT molecular complexity index is 915. The smallest absolute Gasteiger partial charge is 0.308 e. The Morgan fingerprint density at radius 3 is 2.40 bits per heavy atom. The fraction of sp³-hybridized carbons (Fsp3) is 0. The van der Waals surface area contributed by atoms with Gasteiger partial charge in [0.25, 0.3) is 0 Å². The largest absolute Gasteiger partial charge is 0.323 e. The van der Waals surface area contributed by atoms with Crippen LogP contribution in [0.5, 0.6) is 0 Å². The van der Waals surface area contributed by atoms with Crippen molar-refractivity contribution >= 4 is 49.3 Å². The SMILES string of the molecule is O=C(Nc1cc(F)cc(F)c1)Nc1c(Br)cc(Br)cc1-c1nn[nH]n1. The van der Waals surface area contributed by atoms with Crippen molar-refractivity contribution in [3.8, 4) is 11.4 Å². The molecule has 0 bridgehead atoms. The van der Waals surface area contributed by atoms with Crippen molar-refractivity contribution in [1.82, 2.24) is 20.6 Å². The summed E-state index contributed by atoms with van der Waals surface area (Å²) < 4.78 is 27.7. The summed E-state index contributed by atoms with van der Waals surface area (Å²) in [4.78, 5) is 12.2. The van der Waals surface area contributed by atoms with Crippen molar-refractivity contribution in [3.63, 3.8) is 0 Å². The zero-order chi connectivity index (χ0) is 18.0. The number of halogens is 4. The van der Waals surface area contributed by atoms with Gasteiger partial charge in [0.05, 0.1) is 5.69 Å². The zero-order valence-corrected chi connectivity index (χ0v) is 15.3. The number of aromatic nitrogens is 4. The summed E-state index contributed by atoms with van der Waals surface area (Å²) in [5, 5.41) is 18.5. The fourth-order valence-electron chi connectivity index (χ4n) is 2.05. The summed E-state index contributed by atoms with van der Waals surface area (Å²) in [5.74, 6) is -1.34. The average molecular weight is 474 g/mol. The maximum atomic E-state index is 13.2. The number of benzene rings is 2. The van der Waals surface area contributed by atoms with Crippen LogP contribution in [-0.2, 0) is 0 Å². The van der Waals surface area contributed by atoms with Gasteiger partial charge in [0.1, 0.15) is 11.6 Å². The number of nitrogens with zero attached hydrogens (tertiary/aromatic N) is 3. The summed E-state index contributed by atoms with van der Waals surface area (Å²) >= 11 is 6.68. The maximum Gasteiger partial charge on any atom is 0.323 e. The molecule has 3 aromatic rings. The molecule has 1 aromatic heterocycles. The highest BCUT2D eigenvalue weighted by molar-refractivity contribution is 9.11. The van der Waals surface area contributed by atoms with Gasteiger partial charge in [-0.05, 0) is 45.4 Å². The van der Waals surface area contributed by atoms with Crippen molar-refractivity contribution in [2.45, 2.75) is 0 Å². The van der Waals surface area contributed by atoms with Crippen molar-refractivity contribution < 1.29 is 13.6 Å². The first-order chi connectivity index (χ1) is 11.9.